The van der Waals surface area contributed by atoms with Crippen molar-refractivity contribution in [2.75, 3.05) is 13.3 Å². The summed E-state index contributed by atoms with van der Waals surface area (Å²) in [4.78, 5) is 34.2. The van der Waals surface area contributed by atoms with Gasteiger partial charge in [0.05, 0.1) is 27.6 Å². The fourth-order valence-electron chi connectivity index (χ4n) is 0.721. The van der Waals surface area contributed by atoms with Gasteiger partial charge in [0.2, 0.25) is 5.91 Å². The highest BCUT2D eigenvalue weighted by Crippen LogP contribution is 2.26. The zero-order valence-corrected chi connectivity index (χ0v) is 9.63. The summed E-state index contributed by atoms with van der Waals surface area (Å²) in [6, 6.07) is 0. The van der Waals surface area contributed by atoms with Gasteiger partial charge in [-0.3, -0.25) is 9.59 Å². The molecule has 0 spiro atoms. The zero-order valence-electron chi connectivity index (χ0n) is 8.74. The average Bonchev–Trinajstić information content (AvgIpc) is 2.22. The number of aliphatic hydroxyl groups excluding tert-OH is 1. The maximum absolute atomic E-state index is 11.0. The Kier molecular flexibility index (Phi) is 7.84. The van der Waals surface area contributed by atoms with Gasteiger partial charge < -0.3 is 19.8 Å². The van der Waals surface area contributed by atoms with Crippen LogP contribution in [0.25, 0.3) is 0 Å². The van der Waals surface area contributed by atoms with Crippen LogP contribution in [-0.2, 0) is 14.3 Å². The minimum atomic E-state index is -1.81. The Bertz CT molecular complexity index is 267. The van der Waals surface area contributed by atoms with Crippen molar-refractivity contribution in [1.29, 1.82) is 0 Å². The second-order valence-corrected chi connectivity index (χ2v) is 4.29. The van der Waals surface area contributed by atoms with Crippen LogP contribution in [0, 0.1) is 0 Å². The lowest BCUT2D eigenvalue weighted by Gasteiger charge is -2.05. The average molecular weight is 251 g/mol. The first-order valence-electron chi connectivity index (χ1n) is 4.41. The molecule has 0 fully saturated rings. The number of rotatable bonds is 6. The summed E-state index contributed by atoms with van der Waals surface area (Å²) in [5.41, 5.74) is 0. The topological polar surface area (TPSA) is 116 Å². The van der Waals surface area contributed by atoms with Crippen molar-refractivity contribution < 1.29 is 29.4 Å². The molecule has 16 heavy (non-hydrogen) atoms. The van der Waals surface area contributed by atoms with Crippen molar-refractivity contribution in [3.8, 4) is 0 Å². The molecule has 0 saturated carbocycles. The van der Waals surface area contributed by atoms with E-state index in [1.54, 1.807) is 0 Å². The number of esters is 1. The van der Waals surface area contributed by atoms with Gasteiger partial charge in [-0.2, -0.15) is 0 Å². The Balaban J connectivity index is 3.86. The fourth-order valence-corrected chi connectivity index (χ4v) is 1.41. The van der Waals surface area contributed by atoms with E-state index in [4.69, 9.17) is 15.1 Å². The minimum Gasteiger partial charge on any atom is -0.469 e. The van der Waals surface area contributed by atoms with Crippen molar-refractivity contribution in [3.05, 3.63) is 0 Å². The Hall–Kier alpha value is -0.880. The Labute approximate surface area is 93.6 Å². The maximum atomic E-state index is 11.0. The third-order valence-electron chi connectivity index (χ3n) is 1.46. The van der Waals surface area contributed by atoms with Crippen LogP contribution in [0.3, 0.4) is 0 Å². The van der Waals surface area contributed by atoms with Gasteiger partial charge in [0, 0.05) is 12.6 Å². The van der Waals surface area contributed by atoms with E-state index in [0.29, 0.717) is 0 Å². The Morgan fingerprint density at radius 2 is 2.06 bits per heavy atom. The van der Waals surface area contributed by atoms with Gasteiger partial charge in [-0.15, -0.1) is 0 Å². The molecule has 0 saturated heterocycles. The number of aliphatic imine (C=N–C) groups is 1. The molecule has 8 heteroatoms. The lowest BCUT2D eigenvalue weighted by Crippen LogP contribution is -2.09. The monoisotopic (exact) mass is 251 g/mol. The van der Waals surface area contributed by atoms with Gasteiger partial charge in [0.25, 0.3) is 0 Å². The van der Waals surface area contributed by atoms with Crippen LogP contribution in [0.1, 0.15) is 12.8 Å². The first-order chi connectivity index (χ1) is 7.45. The first-order valence-corrected chi connectivity index (χ1v) is 5.96. The lowest BCUT2D eigenvalue weighted by molar-refractivity contribution is -0.141. The van der Waals surface area contributed by atoms with Crippen molar-refractivity contribution in [1.82, 2.24) is 0 Å². The molecule has 0 aromatic heterocycles. The number of methoxy groups -OCH3 is 1. The highest BCUT2D eigenvalue weighted by atomic mass is 31.1. The molecule has 3 N–H and O–H groups in total. The molecule has 0 rings (SSSR count). The molecule has 0 radical (unpaired) electrons. The van der Waals surface area contributed by atoms with Crippen LogP contribution in [-0.4, -0.2) is 52.5 Å². The third kappa shape index (κ3) is 8.43. The Morgan fingerprint density at radius 3 is 2.56 bits per heavy atom. The van der Waals surface area contributed by atoms with E-state index in [9.17, 15) is 9.59 Å². The second kappa shape index (κ2) is 8.29. The van der Waals surface area contributed by atoms with Gasteiger partial charge in [-0.25, -0.2) is 4.99 Å². The molecule has 0 aliphatic heterocycles. The quantitative estimate of drug-likeness (QED) is 0.246. The van der Waals surface area contributed by atoms with E-state index in [1.807, 2.05) is 0 Å². The van der Waals surface area contributed by atoms with Crippen molar-refractivity contribution in [3.63, 3.8) is 0 Å². The van der Waals surface area contributed by atoms with E-state index in [-0.39, 0.29) is 19.0 Å². The van der Waals surface area contributed by atoms with E-state index >= 15 is 0 Å². The van der Waals surface area contributed by atoms with E-state index in [2.05, 4.69) is 9.73 Å². The minimum absolute atomic E-state index is 0.0708. The molecule has 1 atom stereocenters. The number of carbonyl (C=O) groups excluding carboxylic acids is 2. The highest BCUT2D eigenvalue weighted by Gasteiger charge is 2.08. The molecule has 0 aliphatic rings. The van der Waals surface area contributed by atoms with E-state index in [1.165, 1.54) is 7.11 Å². The largest absolute Gasteiger partial charge is 0.469 e. The number of amides is 1. The normalized spacial score (nSPS) is 13.1. The summed E-state index contributed by atoms with van der Waals surface area (Å²) in [5, 5.41) is 17.0. The zero-order chi connectivity index (χ0) is 12.6. The summed E-state index contributed by atoms with van der Waals surface area (Å²) in [5.74, 6) is -0.117. The molecule has 0 bridgehead atoms. The number of ether oxygens (including phenoxy) is 1. The van der Waals surface area contributed by atoms with E-state index < -0.39 is 26.3 Å². The van der Waals surface area contributed by atoms with Gasteiger partial charge in [-0.1, -0.05) is 0 Å². The molecule has 0 aliphatic carbocycles. The molecular weight excluding hydrogens is 237 g/mol. The number of carbonyl (C=O) groups is 2. The van der Waals surface area contributed by atoms with Crippen LogP contribution in [0.5, 0.6) is 0 Å². The molecule has 92 valence electrons. The summed E-state index contributed by atoms with van der Waals surface area (Å²) in [6.45, 7) is 0. The first kappa shape index (κ1) is 15.1. The third-order valence-corrected chi connectivity index (χ3v) is 2.54. The summed E-state index contributed by atoms with van der Waals surface area (Å²) in [7, 11) is -0.597. The molecule has 7 nitrogen and oxygen atoms in total. The fraction of sp³-hybridized carbons (Fsp3) is 0.625. The molecule has 1 amide bonds. The van der Waals surface area contributed by atoms with Crippen molar-refractivity contribution >= 4 is 26.0 Å². The number of hydrogen-bond donors (Lipinski definition) is 3. The second-order valence-electron chi connectivity index (χ2n) is 2.82. The standard InChI is InChI=1S/C8H14NO6P/c1-15-8(13)3-2-6(10)9-5-16(14)4-7(11)12/h5,7,11-12,14H,2-4H2,1H3. The van der Waals surface area contributed by atoms with Crippen LogP contribution >= 0.6 is 8.15 Å². The summed E-state index contributed by atoms with van der Waals surface area (Å²) >= 11 is 0. The van der Waals surface area contributed by atoms with Crippen LogP contribution in [0.4, 0.5) is 0 Å². The van der Waals surface area contributed by atoms with Crippen LogP contribution in [0.2, 0.25) is 0 Å². The van der Waals surface area contributed by atoms with Crippen LogP contribution in [0.15, 0.2) is 4.99 Å². The summed E-state index contributed by atoms with van der Waals surface area (Å²) in [6.07, 6.45) is -2.07. The molecule has 0 aromatic carbocycles. The smallest absolute Gasteiger partial charge is 0.306 e. The van der Waals surface area contributed by atoms with Crippen molar-refractivity contribution in [2.24, 2.45) is 4.99 Å². The molecule has 1 unspecified atom stereocenters. The maximum Gasteiger partial charge on any atom is 0.306 e. The van der Waals surface area contributed by atoms with Crippen LogP contribution < -0.4 is 0 Å². The Morgan fingerprint density at radius 1 is 1.44 bits per heavy atom. The van der Waals surface area contributed by atoms with Crippen molar-refractivity contribution in [2.45, 2.75) is 19.1 Å². The lowest BCUT2D eigenvalue weighted by atomic mass is 10.3. The van der Waals surface area contributed by atoms with Gasteiger partial charge >= 0.3 is 5.97 Å². The SMILES string of the molecule is COC(=O)CCC(=O)N=CP(O)CC(O)O. The molecule has 0 heterocycles. The molecule has 0 aromatic rings. The van der Waals surface area contributed by atoms with Gasteiger partial charge in [0.15, 0.2) is 6.29 Å². The highest BCUT2D eigenvalue weighted by molar-refractivity contribution is 7.67. The summed E-state index contributed by atoms with van der Waals surface area (Å²) < 4.78 is 4.32. The predicted molar refractivity (Wildman–Crippen MR) is 57.0 cm³/mol. The van der Waals surface area contributed by atoms with E-state index in [0.717, 1.165) is 5.96 Å². The number of aliphatic hydroxyl groups is 2. The number of nitrogens with zero attached hydrogens (tertiary/aromatic N) is 1. The van der Waals surface area contributed by atoms with Gasteiger partial charge in [-0.05, 0) is 0 Å². The number of hydrogen-bond acceptors (Lipinski definition) is 6. The predicted octanol–water partition coefficient (Wildman–Crippen LogP) is -0.806. The molecular formula is C8H14NO6P. The van der Waals surface area contributed by atoms with Gasteiger partial charge in [0.1, 0.15) is 0 Å².